The Bertz CT molecular complexity index is 1240. The lowest BCUT2D eigenvalue weighted by atomic mass is 9.73. The maximum Gasteiger partial charge on any atom is 0.244 e. The number of hydrogen-bond acceptors (Lipinski definition) is 4. The maximum absolute atomic E-state index is 13.0. The summed E-state index contributed by atoms with van der Waals surface area (Å²) < 4.78 is 17.9. The summed E-state index contributed by atoms with van der Waals surface area (Å²) in [5, 5.41) is 3.79. The van der Waals surface area contributed by atoms with E-state index in [1.54, 1.807) is 13.2 Å². The third-order valence-electron chi connectivity index (χ3n) is 6.70. The Balaban J connectivity index is 1.33. The molecule has 35 heavy (non-hydrogen) atoms. The van der Waals surface area contributed by atoms with Crippen LogP contribution in [0.5, 0.6) is 17.2 Å². The first kappa shape index (κ1) is 23.3. The van der Waals surface area contributed by atoms with Gasteiger partial charge in [-0.15, -0.1) is 0 Å². The topological polar surface area (TPSA) is 56.8 Å². The number of nitrogens with one attached hydrogen (secondary N) is 1. The normalized spacial score (nSPS) is 17.8. The van der Waals surface area contributed by atoms with Crippen molar-refractivity contribution in [2.24, 2.45) is 0 Å². The summed E-state index contributed by atoms with van der Waals surface area (Å²) in [6.45, 7) is 0.399. The first-order valence-electron chi connectivity index (χ1n) is 11.9. The van der Waals surface area contributed by atoms with E-state index in [1.165, 1.54) is 6.08 Å². The number of fused-ring (bicyclic) bond motifs is 1. The quantitative estimate of drug-likeness (QED) is 0.385. The van der Waals surface area contributed by atoms with Gasteiger partial charge in [0.25, 0.3) is 0 Å². The van der Waals surface area contributed by atoms with Gasteiger partial charge in [0.05, 0.1) is 13.2 Å². The fourth-order valence-electron chi connectivity index (χ4n) is 4.74. The van der Waals surface area contributed by atoms with Gasteiger partial charge in [-0.3, -0.25) is 4.79 Å². The van der Waals surface area contributed by atoms with Gasteiger partial charge in [-0.05, 0) is 55.2 Å². The predicted molar refractivity (Wildman–Crippen MR) is 137 cm³/mol. The van der Waals surface area contributed by atoms with E-state index in [-0.39, 0.29) is 17.6 Å². The van der Waals surface area contributed by atoms with E-state index >= 15 is 0 Å². The maximum atomic E-state index is 13.0. The number of ether oxygens (including phenoxy) is 3. The van der Waals surface area contributed by atoms with E-state index in [4.69, 9.17) is 25.8 Å². The van der Waals surface area contributed by atoms with Crippen molar-refractivity contribution in [3.05, 3.63) is 94.5 Å². The van der Waals surface area contributed by atoms with Gasteiger partial charge >= 0.3 is 0 Å². The molecule has 0 aromatic heterocycles. The minimum Gasteiger partial charge on any atom is -0.493 e. The zero-order chi connectivity index (χ0) is 24.3. The minimum atomic E-state index is -0.187. The molecule has 3 aromatic rings. The first-order valence-corrected chi connectivity index (χ1v) is 12.2. The zero-order valence-corrected chi connectivity index (χ0v) is 20.4. The third-order valence-corrected chi connectivity index (χ3v) is 6.94. The second-order valence-electron chi connectivity index (χ2n) is 9.07. The lowest BCUT2D eigenvalue weighted by Crippen LogP contribution is -2.49. The van der Waals surface area contributed by atoms with Crippen LogP contribution in [0.25, 0.3) is 6.08 Å². The molecule has 1 atom stereocenters. The van der Waals surface area contributed by atoms with Gasteiger partial charge in [-0.1, -0.05) is 54.1 Å². The molecule has 0 bridgehead atoms. The molecule has 1 aliphatic carbocycles. The molecule has 5 nitrogen and oxygen atoms in total. The van der Waals surface area contributed by atoms with Gasteiger partial charge in [0, 0.05) is 28.6 Å². The van der Waals surface area contributed by atoms with Gasteiger partial charge in [-0.2, -0.15) is 0 Å². The molecule has 1 heterocycles. The lowest BCUT2D eigenvalue weighted by Gasteiger charge is -2.48. The van der Waals surface area contributed by atoms with Crippen LogP contribution >= 0.6 is 11.6 Å². The Morgan fingerprint density at radius 1 is 1.14 bits per heavy atom. The van der Waals surface area contributed by atoms with E-state index in [0.29, 0.717) is 23.1 Å². The van der Waals surface area contributed by atoms with Crippen molar-refractivity contribution < 1.29 is 19.0 Å². The molecule has 1 unspecified atom stereocenters. The molecule has 2 aliphatic rings. The largest absolute Gasteiger partial charge is 0.493 e. The van der Waals surface area contributed by atoms with E-state index < -0.39 is 0 Å². The van der Waals surface area contributed by atoms with Crippen molar-refractivity contribution in [2.45, 2.75) is 43.9 Å². The Kier molecular flexibility index (Phi) is 6.69. The standard InChI is InChI=1S/C29H28ClNO4/c1-33-26-10-5-9-21(28(26)34-19-20-7-3-2-4-8-20)11-14-27(32)31-24-18-29(15-6-16-29)35-25-13-12-22(30)17-23(24)25/h2-5,7-14,17,24H,6,15-16,18-19H2,1H3,(H,31,32). The van der Waals surface area contributed by atoms with Gasteiger partial charge in [0.2, 0.25) is 5.91 Å². The SMILES string of the molecule is COc1cccc(C=CC(=O)NC2CC3(CCC3)Oc3ccc(Cl)cc32)c1OCc1ccccc1. The van der Waals surface area contributed by atoms with Crippen molar-refractivity contribution in [1.82, 2.24) is 5.32 Å². The average molecular weight is 490 g/mol. The van der Waals surface area contributed by atoms with Crippen LogP contribution in [-0.4, -0.2) is 18.6 Å². The van der Waals surface area contributed by atoms with Crippen LogP contribution in [0.15, 0.2) is 72.8 Å². The Labute approximate surface area is 210 Å². The Hall–Kier alpha value is -3.44. The van der Waals surface area contributed by atoms with Crippen LogP contribution in [0.4, 0.5) is 0 Å². The molecule has 3 aromatic carbocycles. The zero-order valence-electron chi connectivity index (χ0n) is 19.6. The van der Waals surface area contributed by atoms with Crippen LogP contribution in [0.1, 0.15) is 48.4 Å². The summed E-state index contributed by atoms with van der Waals surface area (Å²) in [6, 6.07) is 21.0. The van der Waals surface area contributed by atoms with E-state index in [1.807, 2.05) is 66.7 Å². The first-order chi connectivity index (χ1) is 17.0. The molecule has 6 heteroatoms. The molecular formula is C29H28ClNO4. The second kappa shape index (κ2) is 10.0. The van der Waals surface area contributed by atoms with Gasteiger partial charge in [0.15, 0.2) is 11.5 Å². The molecule has 0 saturated heterocycles. The smallest absolute Gasteiger partial charge is 0.244 e. The van der Waals surface area contributed by atoms with Crippen molar-refractivity contribution >= 4 is 23.6 Å². The van der Waals surface area contributed by atoms with Crippen LogP contribution < -0.4 is 19.5 Å². The van der Waals surface area contributed by atoms with Crippen molar-refractivity contribution in [3.63, 3.8) is 0 Å². The van der Waals surface area contributed by atoms with Crippen molar-refractivity contribution in [2.75, 3.05) is 7.11 Å². The molecule has 1 fully saturated rings. The Morgan fingerprint density at radius 2 is 1.97 bits per heavy atom. The van der Waals surface area contributed by atoms with Crippen LogP contribution in [0.2, 0.25) is 5.02 Å². The van der Waals surface area contributed by atoms with E-state index in [0.717, 1.165) is 48.1 Å². The molecular weight excluding hydrogens is 462 g/mol. The second-order valence-corrected chi connectivity index (χ2v) is 9.51. The van der Waals surface area contributed by atoms with E-state index in [2.05, 4.69) is 5.32 Å². The Morgan fingerprint density at radius 3 is 2.71 bits per heavy atom. The number of halogens is 1. The van der Waals surface area contributed by atoms with Crippen molar-refractivity contribution in [1.29, 1.82) is 0 Å². The summed E-state index contributed by atoms with van der Waals surface area (Å²) in [6.07, 6.45) is 7.19. The third kappa shape index (κ3) is 5.15. The number of carbonyl (C=O) groups is 1. The number of amides is 1. The molecule has 1 spiro atoms. The molecule has 0 radical (unpaired) electrons. The van der Waals surface area contributed by atoms with E-state index in [9.17, 15) is 4.79 Å². The summed E-state index contributed by atoms with van der Waals surface area (Å²) in [7, 11) is 1.61. The summed E-state index contributed by atoms with van der Waals surface area (Å²) in [5.74, 6) is 1.83. The number of rotatable bonds is 7. The van der Waals surface area contributed by atoms with Gasteiger partial charge in [0.1, 0.15) is 18.0 Å². The van der Waals surface area contributed by atoms with Crippen LogP contribution in [-0.2, 0) is 11.4 Å². The summed E-state index contributed by atoms with van der Waals surface area (Å²) >= 11 is 6.25. The minimum absolute atomic E-state index is 0.158. The number of hydrogen-bond donors (Lipinski definition) is 1. The number of methoxy groups -OCH3 is 1. The highest BCUT2D eigenvalue weighted by atomic mass is 35.5. The highest BCUT2D eigenvalue weighted by Crippen LogP contribution is 2.49. The summed E-state index contributed by atoms with van der Waals surface area (Å²) in [5.41, 5.74) is 2.55. The number of para-hydroxylation sites is 1. The number of carbonyl (C=O) groups excluding carboxylic acids is 1. The molecule has 180 valence electrons. The monoisotopic (exact) mass is 489 g/mol. The van der Waals surface area contributed by atoms with Crippen molar-refractivity contribution in [3.8, 4) is 17.2 Å². The predicted octanol–water partition coefficient (Wildman–Crippen LogP) is 6.50. The van der Waals surface area contributed by atoms with Crippen LogP contribution in [0, 0.1) is 0 Å². The van der Waals surface area contributed by atoms with Crippen LogP contribution in [0.3, 0.4) is 0 Å². The van der Waals surface area contributed by atoms with Gasteiger partial charge < -0.3 is 19.5 Å². The van der Waals surface area contributed by atoms with Gasteiger partial charge in [-0.25, -0.2) is 0 Å². The number of benzene rings is 3. The fraction of sp³-hybridized carbons (Fsp3) is 0.276. The molecule has 1 aliphatic heterocycles. The highest BCUT2D eigenvalue weighted by Gasteiger charge is 2.45. The molecule has 5 rings (SSSR count). The average Bonchev–Trinajstić information content (AvgIpc) is 2.86. The molecule has 1 amide bonds. The lowest BCUT2D eigenvalue weighted by molar-refractivity contribution is -0.118. The fourth-order valence-corrected chi connectivity index (χ4v) is 4.92. The summed E-state index contributed by atoms with van der Waals surface area (Å²) in [4.78, 5) is 13.0. The highest BCUT2D eigenvalue weighted by molar-refractivity contribution is 6.30. The molecule has 1 N–H and O–H groups in total. The molecule has 1 saturated carbocycles.